The van der Waals surface area contributed by atoms with E-state index >= 15 is 0 Å². The molecule has 2 atom stereocenters. The smallest absolute Gasteiger partial charge is 0.462 e. The summed E-state index contributed by atoms with van der Waals surface area (Å²) >= 11 is 0. The first-order valence-electron chi connectivity index (χ1n) is 40.6. The van der Waals surface area contributed by atoms with Gasteiger partial charge in [-0.1, -0.05) is 374 Å². The second-order valence-electron chi connectivity index (χ2n) is 28.4. The van der Waals surface area contributed by atoms with Gasteiger partial charge >= 0.3 is 19.8 Å². The molecule has 0 fully saturated rings. The predicted molar refractivity (Wildman–Crippen MR) is 418 cm³/mol. The summed E-state index contributed by atoms with van der Waals surface area (Å²) in [6, 6.07) is 0. The van der Waals surface area contributed by atoms with Crippen LogP contribution in [0.4, 0.5) is 0 Å². The van der Waals surface area contributed by atoms with Crippen molar-refractivity contribution in [1.82, 2.24) is 0 Å². The monoisotopic (exact) mass is 1360 g/mol. The molecule has 0 aromatic carbocycles. The van der Waals surface area contributed by atoms with E-state index in [0.717, 1.165) is 89.9 Å². The highest BCUT2D eigenvalue weighted by molar-refractivity contribution is 7.47. The summed E-state index contributed by atoms with van der Waals surface area (Å²) in [5.74, 6) is -0.779. The molecule has 2 unspecified atom stereocenters. The van der Waals surface area contributed by atoms with Crippen LogP contribution in [0.3, 0.4) is 0 Å². The molecule has 96 heavy (non-hydrogen) atoms. The van der Waals surface area contributed by atoms with E-state index in [1.165, 1.54) is 250 Å². The van der Waals surface area contributed by atoms with Crippen molar-refractivity contribution in [1.29, 1.82) is 0 Å². The molecule has 0 aromatic rings. The quantitative estimate of drug-likeness (QED) is 0.0211. The average molecular weight is 1360 g/mol. The highest BCUT2D eigenvalue weighted by Gasteiger charge is 2.27. The first kappa shape index (κ1) is 92.7. The van der Waals surface area contributed by atoms with Gasteiger partial charge in [-0.3, -0.25) is 18.6 Å². The number of hydrogen-bond acceptors (Lipinski definition) is 7. The number of phosphoric ester groups is 1. The fourth-order valence-electron chi connectivity index (χ4n) is 11.7. The standard InChI is InChI=1S/C86H154NO8P/c1-6-8-10-12-14-16-18-20-22-24-26-28-30-32-34-36-38-40-41-42-43-44-45-47-49-51-53-55-57-59-61-63-65-67-69-71-73-75-77-79-86(89)95-84(83-94-96(90,91)93-81-80-87(3,4)5)82-92-85(88)78-76-74-72-70-68-66-64-62-60-58-56-54-52-50-48-46-39-37-35-33-31-29-27-25-23-21-19-17-15-13-11-9-7-2/h8-11,14-17,20-23,26-29,32,34,84H,6-7,12-13,18-19,24-25,30-31,33,35-83H2,1-5H3/p+1/b10-8-,11-9-,16-14-,17-15-,22-20-,23-21-,28-26-,29-27-,34-32-. The van der Waals surface area contributed by atoms with E-state index in [4.69, 9.17) is 18.5 Å². The van der Waals surface area contributed by atoms with Gasteiger partial charge < -0.3 is 18.9 Å². The average Bonchev–Trinajstić information content (AvgIpc) is 1.98. The van der Waals surface area contributed by atoms with E-state index in [2.05, 4.69) is 123 Å². The zero-order valence-corrected chi connectivity index (χ0v) is 64.5. The third kappa shape index (κ3) is 79.7. The van der Waals surface area contributed by atoms with Gasteiger partial charge in [0.2, 0.25) is 0 Å². The Morgan fingerprint density at radius 1 is 0.323 bits per heavy atom. The summed E-state index contributed by atoms with van der Waals surface area (Å²) in [5, 5.41) is 0. The summed E-state index contributed by atoms with van der Waals surface area (Å²) in [4.78, 5) is 36.0. The molecule has 0 aliphatic carbocycles. The van der Waals surface area contributed by atoms with Gasteiger partial charge in [0.25, 0.3) is 0 Å². The molecule has 0 heterocycles. The van der Waals surface area contributed by atoms with Crippen LogP contribution in [0.1, 0.15) is 373 Å². The van der Waals surface area contributed by atoms with Gasteiger partial charge in [-0.15, -0.1) is 0 Å². The van der Waals surface area contributed by atoms with Crippen molar-refractivity contribution in [3.63, 3.8) is 0 Å². The molecule has 1 N–H and O–H groups in total. The van der Waals surface area contributed by atoms with Gasteiger partial charge in [-0.25, -0.2) is 4.57 Å². The number of unbranched alkanes of at least 4 members (excludes halogenated alkanes) is 43. The Hall–Kier alpha value is -3.33. The van der Waals surface area contributed by atoms with Crippen LogP contribution in [0.5, 0.6) is 0 Å². The molecule has 10 heteroatoms. The number of esters is 2. The van der Waals surface area contributed by atoms with Crippen LogP contribution in [0.2, 0.25) is 0 Å². The van der Waals surface area contributed by atoms with Crippen LogP contribution in [0.25, 0.3) is 0 Å². The molecule has 0 aliphatic heterocycles. The van der Waals surface area contributed by atoms with Crippen molar-refractivity contribution in [2.24, 2.45) is 0 Å². The molecular weight excluding hydrogens is 1210 g/mol. The lowest BCUT2D eigenvalue weighted by molar-refractivity contribution is -0.870. The molecule has 9 nitrogen and oxygen atoms in total. The lowest BCUT2D eigenvalue weighted by Gasteiger charge is -2.24. The van der Waals surface area contributed by atoms with Crippen LogP contribution in [0.15, 0.2) is 109 Å². The Kier molecular flexibility index (Phi) is 73.2. The lowest BCUT2D eigenvalue weighted by atomic mass is 10.0. The number of quaternary nitrogens is 1. The maximum Gasteiger partial charge on any atom is 0.472 e. The highest BCUT2D eigenvalue weighted by atomic mass is 31.2. The van der Waals surface area contributed by atoms with Gasteiger partial charge in [0.1, 0.15) is 19.8 Å². The zero-order chi connectivity index (χ0) is 69.7. The minimum Gasteiger partial charge on any atom is -0.462 e. The molecule has 0 saturated carbocycles. The first-order chi connectivity index (χ1) is 47.0. The van der Waals surface area contributed by atoms with Crippen molar-refractivity contribution < 1.29 is 42.1 Å². The number of carbonyl (C=O) groups excluding carboxylic acids is 2. The second-order valence-corrected chi connectivity index (χ2v) is 29.8. The Bertz CT molecular complexity index is 1990. The minimum atomic E-state index is -4.40. The van der Waals surface area contributed by atoms with Gasteiger partial charge in [0, 0.05) is 12.8 Å². The van der Waals surface area contributed by atoms with E-state index in [1.54, 1.807) is 0 Å². The Morgan fingerprint density at radius 3 is 0.833 bits per heavy atom. The van der Waals surface area contributed by atoms with Gasteiger partial charge in [0.05, 0.1) is 27.7 Å². The molecule has 0 aliphatic rings. The van der Waals surface area contributed by atoms with Crippen LogP contribution >= 0.6 is 7.82 Å². The number of allylic oxidation sites excluding steroid dienone is 18. The van der Waals surface area contributed by atoms with Crippen molar-refractivity contribution in [2.45, 2.75) is 380 Å². The molecule has 556 valence electrons. The third-order valence-electron chi connectivity index (χ3n) is 17.8. The Balaban J connectivity index is 3.92. The van der Waals surface area contributed by atoms with Crippen molar-refractivity contribution in [3.8, 4) is 0 Å². The van der Waals surface area contributed by atoms with Crippen LogP contribution in [-0.4, -0.2) is 74.9 Å². The van der Waals surface area contributed by atoms with E-state index in [-0.39, 0.29) is 25.6 Å². The topological polar surface area (TPSA) is 108 Å². The zero-order valence-electron chi connectivity index (χ0n) is 63.6. The summed E-state index contributed by atoms with van der Waals surface area (Å²) in [5.41, 5.74) is 0. The largest absolute Gasteiger partial charge is 0.472 e. The number of likely N-dealkylation sites (N-methyl/N-ethyl adjacent to an activating group) is 1. The summed E-state index contributed by atoms with van der Waals surface area (Å²) in [6.07, 6.45) is 108. The van der Waals surface area contributed by atoms with Gasteiger partial charge in [-0.2, -0.15) is 0 Å². The van der Waals surface area contributed by atoms with Crippen LogP contribution < -0.4 is 0 Å². The number of nitrogens with zero attached hydrogens (tertiary/aromatic N) is 1. The lowest BCUT2D eigenvalue weighted by Crippen LogP contribution is -2.37. The molecule has 0 rings (SSSR count). The number of carbonyl (C=O) groups is 2. The predicted octanol–water partition coefficient (Wildman–Crippen LogP) is 27.2. The van der Waals surface area contributed by atoms with Crippen molar-refractivity contribution in [3.05, 3.63) is 109 Å². The van der Waals surface area contributed by atoms with Crippen molar-refractivity contribution >= 4 is 19.8 Å². The molecule has 0 amide bonds. The van der Waals surface area contributed by atoms with E-state index < -0.39 is 26.5 Å². The number of rotatable bonds is 75. The normalized spacial score (nSPS) is 13.6. The summed E-state index contributed by atoms with van der Waals surface area (Å²) in [7, 11) is 1.49. The van der Waals surface area contributed by atoms with E-state index in [1.807, 2.05) is 21.1 Å². The van der Waals surface area contributed by atoms with Gasteiger partial charge in [0.15, 0.2) is 6.10 Å². The number of hydrogen-bond donors (Lipinski definition) is 1. The molecule has 0 spiro atoms. The molecule has 0 radical (unpaired) electrons. The first-order valence-corrected chi connectivity index (χ1v) is 42.1. The third-order valence-corrected chi connectivity index (χ3v) is 18.8. The molecule has 0 bridgehead atoms. The Labute approximate surface area is 595 Å². The molecule has 0 saturated heterocycles. The highest BCUT2D eigenvalue weighted by Crippen LogP contribution is 2.43. The Morgan fingerprint density at radius 2 is 0.562 bits per heavy atom. The number of phosphoric acid groups is 1. The molecular formula is C86H155NO8P+. The maximum absolute atomic E-state index is 12.9. The minimum absolute atomic E-state index is 0.0318. The fourth-order valence-corrected chi connectivity index (χ4v) is 12.4. The fraction of sp³-hybridized carbons (Fsp3) is 0.767. The summed E-state index contributed by atoms with van der Waals surface area (Å²) < 4.78 is 34.9. The van der Waals surface area contributed by atoms with E-state index in [9.17, 15) is 19.0 Å². The van der Waals surface area contributed by atoms with E-state index in [0.29, 0.717) is 23.9 Å². The summed E-state index contributed by atoms with van der Waals surface area (Å²) in [6.45, 7) is 4.26. The number of ether oxygens (including phenoxy) is 2. The van der Waals surface area contributed by atoms with Crippen molar-refractivity contribution in [2.75, 3.05) is 47.5 Å². The van der Waals surface area contributed by atoms with Crippen LogP contribution in [-0.2, 0) is 32.7 Å². The second kappa shape index (κ2) is 75.9. The SMILES string of the molecule is CC/C=C\C/C=C\C/C=C\C/C=C\C/C=C\CCCCCCCCCCCCCCCCCCCCCCCCCC(=O)OC(COC(=O)CCCCCCCCCCCCCCCCCCCCCC/C=C\C/C=C\C/C=C\C/C=C\CC)COP(=O)(O)OCC[N+](C)(C)C. The maximum atomic E-state index is 12.9. The van der Waals surface area contributed by atoms with Crippen LogP contribution in [0, 0.1) is 0 Å². The molecule has 0 aromatic heterocycles. The van der Waals surface area contributed by atoms with Gasteiger partial charge in [-0.05, 0) is 96.3 Å².